The second-order valence-electron chi connectivity index (χ2n) is 3.33. The summed E-state index contributed by atoms with van der Waals surface area (Å²) in [6.07, 6.45) is 0.970. The minimum absolute atomic E-state index is 0.223. The van der Waals surface area contributed by atoms with Crippen LogP contribution in [-0.2, 0) is 0 Å². The van der Waals surface area contributed by atoms with Crippen molar-refractivity contribution < 1.29 is 0 Å². The van der Waals surface area contributed by atoms with Crippen LogP contribution in [0, 0.1) is 0 Å². The Kier molecular flexibility index (Phi) is 4.53. The van der Waals surface area contributed by atoms with E-state index in [-0.39, 0.29) is 9.19 Å². The number of rotatable bonds is 3. The van der Waals surface area contributed by atoms with Crippen LogP contribution in [0.5, 0.6) is 0 Å². The highest BCUT2D eigenvalue weighted by molar-refractivity contribution is 8.21. The number of hydrazone groups is 1. The zero-order valence-electron chi connectivity index (χ0n) is 8.37. The van der Waals surface area contributed by atoms with Gasteiger partial charge in [-0.1, -0.05) is 0 Å². The van der Waals surface area contributed by atoms with Crippen molar-refractivity contribution in [3.05, 3.63) is 0 Å². The third-order valence-corrected chi connectivity index (χ3v) is 5.22. The maximum atomic E-state index is 5.28. The van der Waals surface area contributed by atoms with E-state index in [1.807, 2.05) is 30.4 Å². The van der Waals surface area contributed by atoms with Gasteiger partial charge in [0.2, 0.25) is 0 Å². The first kappa shape index (κ1) is 12.1. The topological polar surface area (TPSA) is 50.4 Å². The summed E-state index contributed by atoms with van der Waals surface area (Å²) >= 11 is 8.67. The normalized spacial score (nSPS) is 20.9. The maximum absolute atomic E-state index is 5.28. The van der Waals surface area contributed by atoms with Crippen LogP contribution in [0.1, 0.15) is 20.3 Å². The summed E-state index contributed by atoms with van der Waals surface area (Å²) in [6.45, 7) is 4.26. The van der Waals surface area contributed by atoms with Crippen LogP contribution in [0.3, 0.4) is 0 Å². The lowest BCUT2D eigenvalue weighted by atomic mass is 10.2. The summed E-state index contributed by atoms with van der Waals surface area (Å²) < 4.78 is 0.283. The van der Waals surface area contributed by atoms with E-state index in [1.165, 1.54) is 11.5 Å². The number of nitrogens with two attached hydrogens (primary N) is 1. The van der Waals surface area contributed by atoms with Crippen LogP contribution >= 0.6 is 35.7 Å². The lowest BCUT2D eigenvalue weighted by Gasteiger charge is -2.21. The van der Waals surface area contributed by atoms with Gasteiger partial charge >= 0.3 is 0 Å². The number of thiocarbonyl (C=S) groups is 1. The first-order chi connectivity index (χ1) is 6.52. The van der Waals surface area contributed by atoms with Gasteiger partial charge in [-0.15, -0.1) is 23.5 Å². The van der Waals surface area contributed by atoms with Gasteiger partial charge in [0, 0.05) is 23.6 Å². The Bertz CT molecular complexity index is 246. The Morgan fingerprint density at radius 1 is 1.57 bits per heavy atom. The summed E-state index contributed by atoms with van der Waals surface area (Å²) in [4.78, 5) is 0. The van der Waals surface area contributed by atoms with Gasteiger partial charge in [-0.2, -0.15) is 5.10 Å². The zero-order valence-corrected chi connectivity index (χ0v) is 10.8. The lowest BCUT2D eigenvalue weighted by Crippen LogP contribution is -2.26. The lowest BCUT2D eigenvalue weighted by molar-refractivity contribution is 0.921. The van der Waals surface area contributed by atoms with Crippen molar-refractivity contribution in [3.8, 4) is 0 Å². The minimum atomic E-state index is 0.223. The first-order valence-corrected chi connectivity index (χ1v) is 6.76. The van der Waals surface area contributed by atoms with Crippen LogP contribution in [0.2, 0.25) is 0 Å². The molecule has 0 aromatic carbocycles. The molecule has 0 saturated carbocycles. The van der Waals surface area contributed by atoms with Crippen molar-refractivity contribution >= 4 is 46.6 Å². The molecule has 1 heterocycles. The molecular weight excluding hydrogens is 234 g/mol. The Morgan fingerprint density at radius 3 is 2.64 bits per heavy atom. The van der Waals surface area contributed by atoms with Gasteiger partial charge in [-0.05, 0) is 26.1 Å². The van der Waals surface area contributed by atoms with Crippen LogP contribution in [-0.4, -0.2) is 26.4 Å². The monoisotopic (exact) mass is 249 g/mol. The van der Waals surface area contributed by atoms with E-state index >= 15 is 0 Å². The number of nitrogens with one attached hydrogen (secondary N) is 1. The van der Waals surface area contributed by atoms with E-state index in [0.29, 0.717) is 0 Å². The van der Waals surface area contributed by atoms with E-state index in [4.69, 9.17) is 5.73 Å². The summed E-state index contributed by atoms with van der Waals surface area (Å²) in [5.41, 5.74) is 8.94. The number of hydrogen-bond donors (Lipinski definition) is 2. The van der Waals surface area contributed by atoms with E-state index in [0.717, 1.165) is 12.1 Å². The van der Waals surface area contributed by atoms with Gasteiger partial charge in [0.1, 0.15) is 0 Å². The molecule has 0 aromatic heterocycles. The Balaban J connectivity index is 2.42. The SMILES string of the molecule is C/C(CC1(C)SCCS1)=N\NC(N)=S. The van der Waals surface area contributed by atoms with Gasteiger partial charge in [-0.3, -0.25) is 5.43 Å². The third-order valence-electron chi connectivity index (χ3n) is 1.83. The molecule has 0 amide bonds. The molecule has 0 unspecified atom stereocenters. The molecule has 3 nitrogen and oxygen atoms in total. The van der Waals surface area contributed by atoms with Crippen molar-refractivity contribution in [1.29, 1.82) is 0 Å². The van der Waals surface area contributed by atoms with E-state index < -0.39 is 0 Å². The Labute approximate surface area is 98.6 Å². The molecular formula is C8H15N3S3. The molecule has 1 fully saturated rings. The standard InChI is InChI=1S/C8H15N3S3/c1-6(10-11-7(9)12)5-8(2)13-3-4-14-8/h3-5H2,1-2H3,(H3,9,11,12)/b10-6+. The molecule has 0 aliphatic carbocycles. The smallest absolute Gasteiger partial charge is 0.184 e. The molecule has 0 aromatic rings. The van der Waals surface area contributed by atoms with Gasteiger partial charge in [0.25, 0.3) is 0 Å². The Hall–Kier alpha value is 0.0600. The first-order valence-electron chi connectivity index (χ1n) is 4.38. The van der Waals surface area contributed by atoms with Crippen molar-refractivity contribution in [2.24, 2.45) is 10.8 Å². The highest BCUT2D eigenvalue weighted by atomic mass is 32.2. The summed E-state index contributed by atoms with van der Waals surface area (Å²) in [6, 6.07) is 0. The molecule has 1 saturated heterocycles. The number of hydrogen-bond acceptors (Lipinski definition) is 4. The van der Waals surface area contributed by atoms with Crippen molar-refractivity contribution in [2.75, 3.05) is 11.5 Å². The molecule has 14 heavy (non-hydrogen) atoms. The van der Waals surface area contributed by atoms with Crippen LogP contribution in [0.25, 0.3) is 0 Å². The molecule has 0 bridgehead atoms. The van der Waals surface area contributed by atoms with Crippen LogP contribution in [0.15, 0.2) is 5.10 Å². The fourth-order valence-corrected chi connectivity index (χ4v) is 4.34. The highest BCUT2D eigenvalue weighted by Gasteiger charge is 2.30. The molecule has 1 rings (SSSR count). The molecule has 1 aliphatic heterocycles. The molecule has 3 N–H and O–H groups in total. The quantitative estimate of drug-likeness (QED) is 0.454. The van der Waals surface area contributed by atoms with E-state index in [1.54, 1.807) is 0 Å². The zero-order chi connectivity index (χ0) is 10.6. The predicted molar refractivity (Wildman–Crippen MR) is 71.0 cm³/mol. The minimum Gasteiger partial charge on any atom is -0.375 e. The fraction of sp³-hybridized carbons (Fsp3) is 0.750. The van der Waals surface area contributed by atoms with Crippen molar-refractivity contribution in [2.45, 2.75) is 24.3 Å². The van der Waals surface area contributed by atoms with Gasteiger partial charge in [0.05, 0.1) is 4.08 Å². The molecule has 0 spiro atoms. The average Bonchev–Trinajstić information content (AvgIpc) is 2.48. The summed E-state index contributed by atoms with van der Waals surface area (Å²) in [7, 11) is 0. The predicted octanol–water partition coefficient (Wildman–Crippen LogP) is 1.78. The maximum Gasteiger partial charge on any atom is 0.184 e. The highest BCUT2D eigenvalue weighted by Crippen LogP contribution is 2.45. The van der Waals surface area contributed by atoms with Crippen molar-refractivity contribution in [3.63, 3.8) is 0 Å². The van der Waals surface area contributed by atoms with Crippen LogP contribution in [0.4, 0.5) is 0 Å². The van der Waals surface area contributed by atoms with E-state index in [2.05, 4.69) is 29.7 Å². The molecule has 6 heteroatoms. The molecule has 1 aliphatic rings. The van der Waals surface area contributed by atoms with Crippen molar-refractivity contribution in [1.82, 2.24) is 5.43 Å². The largest absolute Gasteiger partial charge is 0.375 e. The van der Waals surface area contributed by atoms with Crippen LogP contribution < -0.4 is 11.2 Å². The summed E-state index contributed by atoms with van der Waals surface area (Å²) in [5.74, 6) is 2.47. The second-order valence-corrected chi connectivity index (χ2v) is 7.22. The second kappa shape index (κ2) is 5.23. The van der Waals surface area contributed by atoms with Gasteiger partial charge < -0.3 is 5.73 Å². The van der Waals surface area contributed by atoms with E-state index in [9.17, 15) is 0 Å². The Morgan fingerprint density at radius 2 is 2.14 bits per heavy atom. The summed E-state index contributed by atoms with van der Waals surface area (Å²) in [5, 5.41) is 4.33. The third kappa shape index (κ3) is 4.06. The molecule has 0 atom stereocenters. The van der Waals surface area contributed by atoms with Gasteiger partial charge in [-0.25, -0.2) is 0 Å². The average molecular weight is 249 g/mol. The molecule has 80 valence electrons. The molecule has 0 radical (unpaired) electrons. The van der Waals surface area contributed by atoms with Gasteiger partial charge in [0.15, 0.2) is 5.11 Å². The number of thioether (sulfide) groups is 2. The number of nitrogens with zero attached hydrogens (tertiary/aromatic N) is 1. The fourth-order valence-electron chi connectivity index (χ4n) is 1.31.